The molecule has 0 saturated heterocycles. The van der Waals surface area contributed by atoms with Gasteiger partial charge in [-0.2, -0.15) is 0 Å². The molecule has 1 unspecified atom stereocenters. The summed E-state index contributed by atoms with van der Waals surface area (Å²) in [6.07, 6.45) is -0.247. The van der Waals surface area contributed by atoms with Crippen LogP contribution in [0.25, 0.3) is 11.3 Å². The molecule has 7 heteroatoms. The molecule has 1 atom stereocenters. The summed E-state index contributed by atoms with van der Waals surface area (Å²) in [5.74, 6) is -1.43. The van der Waals surface area contributed by atoms with E-state index in [4.69, 9.17) is 16.7 Å². The van der Waals surface area contributed by atoms with Gasteiger partial charge < -0.3 is 10.4 Å². The van der Waals surface area contributed by atoms with Gasteiger partial charge in [-0.3, -0.25) is 9.59 Å². The SMILES string of the molecule is O=C(O)CC(NC(=O)c1nc(-c2ccccc2)cs1)c1cccc(Cl)c1. The summed E-state index contributed by atoms with van der Waals surface area (Å²) >= 11 is 7.19. The number of amides is 1. The van der Waals surface area contributed by atoms with Crippen LogP contribution in [-0.4, -0.2) is 22.0 Å². The highest BCUT2D eigenvalue weighted by Crippen LogP contribution is 2.24. The Kier molecular flexibility index (Phi) is 5.65. The maximum atomic E-state index is 12.6. The van der Waals surface area contributed by atoms with Crippen molar-refractivity contribution in [1.29, 1.82) is 0 Å². The van der Waals surface area contributed by atoms with Crippen LogP contribution >= 0.6 is 22.9 Å². The van der Waals surface area contributed by atoms with Crippen LogP contribution < -0.4 is 5.32 Å². The summed E-state index contributed by atoms with van der Waals surface area (Å²) in [6, 6.07) is 15.6. The van der Waals surface area contributed by atoms with Crippen molar-refractivity contribution in [3.63, 3.8) is 0 Å². The highest BCUT2D eigenvalue weighted by molar-refractivity contribution is 7.12. The molecule has 0 saturated carbocycles. The molecule has 0 bridgehead atoms. The Labute approximate surface area is 159 Å². The van der Waals surface area contributed by atoms with Crippen molar-refractivity contribution < 1.29 is 14.7 Å². The minimum absolute atomic E-state index is 0.247. The molecule has 3 rings (SSSR count). The van der Waals surface area contributed by atoms with Crippen LogP contribution in [0.15, 0.2) is 60.0 Å². The van der Waals surface area contributed by atoms with E-state index in [2.05, 4.69) is 10.3 Å². The lowest BCUT2D eigenvalue weighted by Gasteiger charge is -2.17. The lowest BCUT2D eigenvalue weighted by atomic mass is 10.0. The first-order valence-corrected chi connectivity index (χ1v) is 9.08. The molecule has 132 valence electrons. The molecular weight excluding hydrogens is 372 g/mol. The van der Waals surface area contributed by atoms with Gasteiger partial charge in [-0.05, 0) is 17.7 Å². The van der Waals surface area contributed by atoms with Crippen molar-refractivity contribution in [3.05, 3.63) is 75.6 Å². The summed E-state index contributed by atoms with van der Waals surface area (Å²) in [4.78, 5) is 28.1. The molecule has 1 heterocycles. The van der Waals surface area contributed by atoms with Crippen molar-refractivity contribution in [1.82, 2.24) is 10.3 Å². The minimum Gasteiger partial charge on any atom is -0.481 e. The standard InChI is InChI=1S/C19H15ClN2O3S/c20-14-8-4-7-13(9-14)15(10-17(23)24)21-18(25)19-22-16(11-26-19)12-5-2-1-3-6-12/h1-9,11,15H,10H2,(H,21,25)(H,23,24). The largest absolute Gasteiger partial charge is 0.481 e. The average Bonchev–Trinajstić information content (AvgIpc) is 3.12. The van der Waals surface area contributed by atoms with E-state index < -0.39 is 17.9 Å². The van der Waals surface area contributed by atoms with Crippen LogP contribution in [0.5, 0.6) is 0 Å². The number of aliphatic carboxylic acids is 1. The number of halogens is 1. The Morgan fingerprint density at radius 1 is 1.15 bits per heavy atom. The van der Waals surface area contributed by atoms with Gasteiger partial charge in [0.25, 0.3) is 5.91 Å². The number of hydrogen-bond donors (Lipinski definition) is 2. The van der Waals surface area contributed by atoms with Gasteiger partial charge in [-0.1, -0.05) is 54.1 Å². The van der Waals surface area contributed by atoms with E-state index >= 15 is 0 Å². The van der Waals surface area contributed by atoms with Crippen molar-refractivity contribution in [3.8, 4) is 11.3 Å². The van der Waals surface area contributed by atoms with Crippen molar-refractivity contribution in [2.24, 2.45) is 0 Å². The van der Waals surface area contributed by atoms with E-state index in [0.29, 0.717) is 16.3 Å². The third-order valence-electron chi connectivity index (χ3n) is 3.70. The molecular formula is C19H15ClN2O3S. The smallest absolute Gasteiger partial charge is 0.305 e. The Morgan fingerprint density at radius 3 is 2.62 bits per heavy atom. The number of carboxylic acids is 1. The van der Waals surface area contributed by atoms with Crippen molar-refractivity contribution in [2.75, 3.05) is 0 Å². The van der Waals surface area contributed by atoms with Crippen LogP contribution in [0.4, 0.5) is 0 Å². The first-order valence-electron chi connectivity index (χ1n) is 7.82. The zero-order valence-electron chi connectivity index (χ0n) is 13.6. The zero-order chi connectivity index (χ0) is 18.5. The molecule has 0 spiro atoms. The van der Waals surface area contributed by atoms with Gasteiger partial charge >= 0.3 is 5.97 Å². The summed E-state index contributed by atoms with van der Waals surface area (Å²) in [7, 11) is 0. The summed E-state index contributed by atoms with van der Waals surface area (Å²) in [5.41, 5.74) is 2.26. The maximum absolute atomic E-state index is 12.6. The number of carbonyl (C=O) groups excluding carboxylic acids is 1. The highest BCUT2D eigenvalue weighted by Gasteiger charge is 2.21. The van der Waals surface area contributed by atoms with E-state index in [-0.39, 0.29) is 11.4 Å². The van der Waals surface area contributed by atoms with E-state index in [0.717, 1.165) is 5.56 Å². The fraction of sp³-hybridized carbons (Fsp3) is 0.105. The first kappa shape index (κ1) is 18.1. The number of carboxylic acid groups (broad SMARTS) is 1. The van der Waals surface area contributed by atoms with E-state index in [1.807, 2.05) is 30.3 Å². The molecule has 0 fully saturated rings. The van der Waals surface area contributed by atoms with Crippen LogP contribution in [0.3, 0.4) is 0 Å². The fourth-order valence-corrected chi connectivity index (χ4v) is 3.42. The Hall–Kier alpha value is -2.70. The Morgan fingerprint density at radius 2 is 1.92 bits per heavy atom. The average molecular weight is 387 g/mol. The number of nitrogens with one attached hydrogen (secondary N) is 1. The molecule has 1 amide bonds. The lowest BCUT2D eigenvalue weighted by molar-refractivity contribution is -0.137. The minimum atomic E-state index is -1.01. The second-order valence-corrected chi connectivity index (χ2v) is 6.88. The molecule has 26 heavy (non-hydrogen) atoms. The molecule has 0 radical (unpaired) electrons. The molecule has 5 nitrogen and oxygen atoms in total. The molecule has 3 aromatic rings. The Bertz CT molecular complexity index is 927. The second kappa shape index (κ2) is 8.12. The zero-order valence-corrected chi connectivity index (χ0v) is 15.1. The molecule has 2 N–H and O–H groups in total. The van der Waals surface area contributed by atoms with Gasteiger partial charge in [0.2, 0.25) is 0 Å². The predicted octanol–water partition coefficient (Wildman–Crippen LogP) is 4.41. The summed E-state index contributed by atoms with van der Waals surface area (Å²) in [6.45, 7) is 0. The number of rotatable bonds is 6. The number of benzene rings is 2. The highest BCUT2D eigenvalue weighted by atomic mass is 35.5. The number of nitrogens with zero attached hydrogens (tertiary/aromatic N) is 1. The third kappa shape index (κ3) is 4.47. The second-order valence-electron chi connectivity index (χ2n) is 5.58. The van der Waals surface area contributed by atoms with Crippen LogP contribution in [0, 0.1) is 0 Å². The van der Waals surface area contributed by atoms with Gasteiger partial charge in [-0.15, -0.1) is 11.3 Å². The predicted molar refractivity (Wildman–Crippen MR) is 101 cm³/mol. The number of aromatic nitrogens is 1. The lowest BCUT2D eigenvalue weighted by Crippen LogP contribution is -2.30. The molecule has 0 aliphatic heterocycles. The number of hydrogen-bond acceptors (Lipinski definition) is 4. The molecule has 0 aliphatic carbocycles. The van der Waals surface area contributed by atoms with E-state index in [1.165, 1.54) is 11.3 Å². The van der Waals surface area contributed by atoms with E-state index in [9.17, 15) is 9.59 Å². The van der Waals surface area contributed by atoms with Crippen LogP contribution in [-0.2, 0) is 4.79 Å². The van der Waals surface area contributed by atoms with Crippen LogP contribution in [0.1, 0.15) is 27.8 Å². The number of thiazole rings is 1. The third-order valence-corrected chi connectivity index (χ3v) is 4.78. The quantitative estimate of drug-likeness (QED) is 0.657. The monoisotopic (exact) mass is 386 g/mol. The van der Waals surface area contributed by atoms with E-state index in [1.54, 1.807) is 29.6 Å². The topological polar surface area (TPSA) is 79.3 Å². The normalized spacial score (nSPS) is 11.7. The van der Waals surface area contributed by atoms with Gasteiger partial charge in [-0.25, -0.2) is 4.98 Å². The molecule has 0 aliphatic rings. The van der Waals surface area contributed by atoms with Gasteiger partial charge in [0.15, 0.2) is 5.01 Å². The first-order chi connectivity index (χ1) is 12.5. The van der Waals surface area contributed by atoms with Gasteiger partial charge in [0, 0.05) is 16.0 Å². The Balaban J connectivity index is 1.80. The van der Waals surface area contributed by atoms with Gasteiger partial charge in [0.05, 0.1) is 18.2 Å². The van der Waals surface area contributed by atoms with Crippen molar-refractivity contribution in [2.45, 2.75) is 12.5 Å². The molecule has 2 aromatic carbocycles. The summed E-state index contributed by atoms with van der Waals surface area (Å²) < 4.78 is 0. The molecule has 1 aromatic heterocycles. The van der Waals surface area contributed by atoms with Crippen molar-refractivity contribution >= 4 is 34.8 Å². The van der Waals surface area contributed by atoms with Crippen LogP contribution in [0.2, 0.25) is 5.02 Å². The fourth-order valence-electron chi connectivity index (χ4n) is 2.49. The van der Waals surface area contributed by atoms with Gasteiger partial charge in [0.1, 0.15) is 0 Å². The summed E-state index contributed by atoms with van der Waals surface area (Å²) in [5, 5.41) is 14.5. The maximum Gasteiger partial charge on any atom is 0.305 e. The number of carbonyl (C=O) groups is 2.